The summed E-state index contributed by atoms with van der Waals surface area (Å²) in [6.45, 7) is 0. The minimum atomic E-state index is -0.373. The number of anilines is 1. The number of amides is 1. The Morgan fingerprint density at radius 1 is 1.24 bits per heavy atom. The van der Waals surface area contributed by atoms with Crippen molar-refractivity contribution in [1.82, 2.24) is 5.06 Å². The predicted molar refractivity (Wildman–Crippen MR) is 63.1 cm³/mol. The van der Waals surface area contributed by atoms with Crippen LogP contribution in [0.4, 0.5) is 5.69 Å². The third-order valence-electron chi connectivity index (χ3n) is 2.36. The standard InChI is InChI=1S/C11H16N2O4/c1-13(17-4)11(14)8-5-7(15-2)6-9(16-3)10(8)12/h5-6H,12H2,1-4H3. The minimum Gasteiger partial charge on any atom is -0.497 e. The average molecular weight is 240 g/mol. The second-order valence-corrected chi connectivity index (χ2v) is 3.28. The molecule has 0 saturated carbocycles. The van der Waals surface area contributed by atoms with Gasteiger partial charge in [0.05, 0.1) is 32.6 Å². The van der Waals surface area contributed by atoms with Gasteiger partial charge in [-0.3, -0.25) is 9.63 Å². The van der Waals surface area contributed by atoms with Crippen LogP contribution in [0.15, 0.2) is 12.1 Å². The lowest BCUT2D eigenvalue weighted by Gasteiger charge is -2.17. The van der Waals surface area contributed by atoms with E-state index in [9.17, 15) is 4.79 Å². The van der Waals surface area contributed by atoms with E-state index in [-0.39, 0.29) is 17.2 Å². The fourth-order valence-electron chi connectivity index (χ4n) is 1.32. The molecule has 6 nitrogen and oxygen atoms in total. The largest absolute Gasteiger partial charge is 0.497 e. The number of nitrogen functional groups attached to an aromatic ring is 1. The van der Waals surface area contributed by atoms with Crippen LogP contribution in [0.2, 0.25) is 0 Å². The van der Waals surface area contributed by atoms with Crippen molar-refractivity contribution in [3.05, 3.63) is 17.7 Å². The zero-order chi connectivity index (χ0) is 13.0. The molecule has 0 fully saturated rings. The number of methoxy groups -OCH3 is 2. The van der Waals surface area contributed by atoms with Crippen LogP contribution >= 0.6 is 0 Å². The van der Waals surface area contributed by atoms with Crippen LogP contribution in [0.3, 0.4) is 0 Å². The van der Waals surface area contributed by atoms with Gasteiger partial charge in [-0.15, -0.1) is 0 Å². The Kier molecular flexibility index (Phi) is 4.17. The van der Waals surface area contributed by atoms with Gasteiger partial charge in [-0.2, -0.15) is 0 Å². The lowest BCUT2D eigenvalue weighted by atomic mass is 10.1. The number of nitrogens with two attached hydrogens (primary N) is 1. The lowest BCUT2D eigenvalue weighted by molar-refractivity contribution is -0.0756. The van der Waals surface area contributed by atoms with E-state index in [2.05, 4.69) is 0 Å². The predicted octanol–water partition coefficient (Wildman–Crippen LogP) is 0.919. The molecule has 0 saturated heterocycles. The Balaban J connectivity index is 3.26. The van der Waals surface area contributed by atoms with E-state index >= 15 is 0 Å². The van der Waals surface area contributed by atoms with E-state index < -0.39 is 0 Å². The zero-order valence-corrected chi connectivity index (χ0v) is 10.3. The van der Waals surface area contributed by atoms with E-state index in [1.54, 1.807) is 6.07 Å². The summed E-state index contributed by atoms with van der Waals surface area (Å²) in [6.07, 6.45) is 0. The summed E-state index contributed by atoms with van der Waals surface area (Å²) in [4.78, 5) is 16.8. The van der Waals surface area contributed by atoms with Gasteiger partial charge in [0, 0.05) is 13.1 Å². The van der Waals surface area contributed by atoms with Crippen LogP contribution in [0.1, 0.15) is 10.4 Å². The monoisotopic (exact) mass is 240 g/mol. The van der Waals surface area contributed by atoms with Gasteiger partial charge in [0.2, 0.25) is 0 Å². The Hall–Kier alpha value is -1.95. The van der Waals surface area contributed by atoms with Crippen molar-refractivity contribution >= 4 is 11.6 Å². The highest BCUT2D eigenvalue weighted by Gasteiger charge is 2.19. The van der Waals surface area contributed by atoms with E-state index in [4.69, 9.17) is 20.0 Å². The second-order valence-electron chi connectivity index (χ2n) is 3.28. The number of carbonyl (C=O) groups excluding carboxylic acids is 1. The van der Waals surface area contributed by atoms with Crippen molar-refractivity contribution in [1.29, 1.82) is 0 Å². The summed E-state index contributed by atoms with van der Waals surface area (Å²) in [5.41, 5.74) is 6.35. The number of rotatable bonds is 4. The first-order valence-electron chi connectivity index (χ1n) is 4.88. The summed E-state index contributed by atoms with van der Waals surface area (Å²) in [5, 5.41) is 1.07. The van der Waals surface area contributed by atoms with Gasteiger partial charge in [-0.05, 0) is 6.07 Å². The molecular formula is C11H16N2O4. The summed E-state index contributed by atoms with van der Waals surface area (Å²) in [7, 11) is 5.86. The average Bonchev–Trinajstić information content (AvgIpc) is 2.37. The number of carbonyl (C=O) groups is 1. The lowest BCUT2D eigenvalue weighted by Crippen LogP contribution is -2.26. The minimum absolute atomic E-state index is 0.252. The van der Waals surface area contributed by atoms with Gasteiger partial charge >= 0.3 is 0 Å². The van der Waals surface area contributed by atoms with Crippen LogP contribution in [0.5, 0.6) is 11.5 Å². The fourth-order valence-corrected chi connectivity index (χ4v) is 1.32. The first kappa shape index (κ1) is 13.1. The molecule has 1 amide bonds. The molecule has 1 rings (SSSR count). The first-order valence-corrected chi connectivity index (χ1v) is 4.88. The molecule has 0 aliphatic heterocycles. The molecule has 0 aliphatic rings. The van der Waals surface area contributed by atoms with Crippen molar-refractivity contribution in [2.45, 2.75) is 0 Å². The third-order valence-corrected chi connectivity index (χ3v) is 2.36. The molecule has 0 atom stereocenters. The highest BCUT2D eigenvalue weighted by atomic mass is 16.7. The second kappa shape index (κ2) is 5.40. The Morgan fingerprint density at radius 3 is 2.35 bits per heavy atom. The Labute approximate surface area is 99.8 Å². The maximum Gasteiger partial charge on any atom is 0.279 e. The van der Waals surface area contributed by atoms with E-state index in [1.165, 1.54) is 34.4 Å². The molecule has 0 heterocycles. The van der Waals surface area contributed by atoms with E-state index in [0.29, 0.717) is 11.5 Å². The molecule has 0 radical (unpaired) electrons. The highest BCUT2D eigenvalue weighted by Crippen LogP contribution is 2.31. The van der Waals surface area contributed by atoms with Crippen LogP contribution in [0.25, 0.3) is 0 Å². The molecule has 1 aromatic carbocycles. The number of nitrogens with zero attached hydrogens (tertiary/aromatic N) is 1. The number of hydroxylamine groups is 2. The number of hydrogen-bond donors (Lipinski definition) is 1. The highest BCUT2D eigenvalue weighted by molar-refractivity contribution is 6.00. The Bertz CT molecular complexity index is 420. The van der Waals surface area contributed by atoms with Crippen molar-refractivity contribution in [2.24, 2.45) is 0 Å². The van der Waals surface area contributed by atoms with Gasteiger partial charge in [-0.1, -0.05) is 0 Å². The van der Waals surface area contributed by atoms with Crippen molar-refractivity contribution in [2.75, 3.05) is 34.1 Å². The Morgan fingerprint density at radius 2 is 1.88 bits per heavy atom. The maximum atomic E-state index is 11.9. The van der Waals surface area contributed by atoms with Crippen LogP contribution in [-0.4, -0.2) is 39.3 Å². The normalized spacial score (nSPS) is 9.88. The maximum absolute atomic E-state index is 11.9. The summed E-state index contributed by atoms with van der Waals surface area (Å²) in [6, 6.07) is 3.15. The fraction of sp³-hybridized carbons (Fsp3) is 0.364. The SMILES string of the molecule is COc1cc(OC)c(N)c(C(=O)N(C)OC)c1. The van der Waals surface area contributed by atoms with Gasteiger partial charge in [0.1, 0.15) is 11.5 Å². The molecule has 17 heavy (non-hydrogen) atoms. The molecule has 94 valence electrons. The third kappa shape index (κ3) is 2.59. The van der Waals surface area contributed by atoms with E-state index in [0.717, 1.165) is 5.06 Å². The van der Waals surface area contributed by atoms with Gasteiger partial charge < -0.3 is 15.2 Å². The molecule has 2 N–H and O–H groups in total. The number of benzene rings is 1. The van der Waals surface area contributed by atoms with Crippen LogP contribution < -0.4 is 15.2 Å². The van der Waals surface area contributed by atoms with Crippen molar-refractivity contribution in [3.63, 3.8) is 0 Å². The van der Waals surface area contributed by atoms with Gasteiger partial charge in [0.15, 0.2) is 0 Å². The topological polar surface area (TPSA) is 74.0 Å². The van der Waals surface area contributed by atoms with E-state index in [1.807, 2.05) is 0 Å². The van der Waals surface area contributed by atoms with Crippen molar-refractivity contribution < 1.29 is 19.1 Å². The van der Waals surface area contributed by atoms with Gasteiger partial charge in [-0.25, -0.2) is 5.06 Å². The summed E-state index contributed by atoms with van der Waals surface area (Å²) >= 11 is 0. The summed E-state index contributed by atoms with van der Waals surface area (Å²) < 4.78 is 10.1. The summed E-state index contributed by atoms with van der Waals surface area (Å²) in [5.74, 6) is 0.503. The van der Waals surface area contributed by atoms with Gasteiger partial charge in [0.25, 0.3) is 5.91 Å². The molecule has 0 aliphatic carbocycles. The first-order chi connectivity index (χ1) is 8.04. The smallest absolute Gasteiger partial charge is 0.279 e. The van der Waals surface area contributed by atoms with Crippen LogP contribution in [0, 0.1) is 0 Å². The van der Waals surface area contributed by atoms with Crippen LogP contribution in [-0.2, 0) is 4.84 Å². The number of hydrogen-bond acceptors (Lipinski definition) is 5. The molecule has 0 unspecified atom stereocenters. The molecule has 0 spiro atoms. The molecule has 6 heteroatoms. The number of ether oxygens (including phenoxy) is 2. The molecule has 1 aromatic rings. The quantitative estimate of drug-likeness (QED) is 0.625. The molecular weight excluding hydrogens is 224 g/mol. The zero-order valence-electron chi connectivity index (χ0n) is 10.3. The molecule has 0 bridgehead atoms. The van der Waals surface area contributed by atoms with Crippen molar-refractivity contribution in [3.8, 4) is 11.5 Å². The molecule has 0 aromatic heterocycles.